The molecule has 0 saturated carbocycles. The molecule has 0 spiro atoms. The van der Waals surface area contributed by atoms with E-state index < -0.39 is 6.10 Å². The Morgan fingerprint density at radius 3 is 1.76 bits per heavy atom. The highest BCUT2D eigenvalue weighted by Gasteiger charge is 2.14. The van der Waals surface area contributed by atoms with E-state index in [0.29, 0.717) is 30.4 Å². The molecular formula is C23H22ClF2NO2. The number of halogens is 3. The summed E-state index contributed by atoms with van der Waals surface area (Å²) in [6.45, 7) is 1.47. The summed E-state index contributed by atoms with van der Waals surface area (Å²) in [7, 11) is 0. The van der Waals surface area contributed by atoms with Crippen LogP contribution in [0.5, 0.6) is 5.75 Å². The number of benzene rings is 3. The molecule has 0 aliphatic rings. The molecule has 3 rings (SSSR count). The fraction of sp³-hybridized carbons (Fsp3) is 0.217. The summed E-state index contributed by atoms with van der Waals surface area (Å²) in [5.41, 5.74) is 1.83. The Morgan fingerprint density at radius 2 is 1.28 bits per heavy atom. The van der Waals surface area contributed by atoms with Gasteiger partial charge < -0.3 is 9.84 Å². The number of hydrogen-bond acceptors (Lipinski definition) is 3. The largest absolute Gasteiger partial charge is 0.491 e. The average Bonchev–Trinajstić information content (AvgIpc) is 2.71. The van der Waals surface area contributed by atoms with E-state index in [1.165, 1.54) is 24.3 Å². The quantitative estimate of drug-likeness (QED) is 0.528. The zero-order valence-electron chi connectivity index (χ0n) is 15.8. The van der Waals surface area contributed by atoms with E-state index in [1.54, 1.807) is 48.5 Å². The number of rotatable bonds is 9. The molecule has 0 aliphatic carbocycles. The zero-order valence-corrected chi connectivity index (χ0v) is 16.5. The monoisotopic (exact) mass is 417 g/mol. The summed E-state index contributed by atoms with van der Waals surface area (Å²) in [5.74, 6) is 0.0301. The van der Waals surface area contributed by atoms with Gasteiger partial charge in [0.2, 0.25) is 0 Å². The molecule has 0 saturated heterocycles. The summed E-state index contributed by atoms with van der Waals surface area (Å²) < 4.78 is 32.0. The lowest BCUT2D eigenvalue weighted by molar-refractivity contribution is 0.0628. The van der Waals surface area contributed by atoms with Crippen LogP contribution in [0.4, 0.5) is 8.78 Å². The Hall–Kier alpha value is -2.47. The molecule has 152 valence electrons. The van der Waals surface area contributed by atoms with Gasteiger partial charge in [-0.2, -0.15) is 0 Å². The van der Waals surface area contributed by atoms with Crippen molar-refractivity contribution in [3.05, 3.63) is 101 Å². The Labute approximate surface area is 174 Å². The van der Waals surface area contributed by atoms with Crippen molar-refractivity contribution in [3.63, 3.8) is 0 Å². The molecule has 3 aromatic rings. The van der Waals surface area contributed by atoms with Crippen LogP contribution in [0.3, 0.4) is 0 Å². The third kappa shape index (κ3) is 7.13. The van der Waals surface area contributed by atoms with Gasteiger partial charge in [-0.15, -0.1) is 0 Å². The fourth-order valence-electron chi connectivity index (χ4n) is 2.96. The number of hydrogen-bond donors (Lipinski definition) is 1. The van der Waals surface area contributed by atoms with Crippen molar-refractivity contribution >= 4 is 11.6 Å². The number of aliphatic hydroxyl groups is 1. The highest BCUT2D eigenvalue weighted by atomic mass is 35.5. The smallest absolute Gasteiger partial charge is 0.123 e. The molecule has 1 atom stereocenters. The van der Waals surface area contributed by atoms with Crippen LogP contribution in [-0.4, -0.2) is 29.3 Å². The fourth-order valence-corrected chi connectivity index (χ4v) is 3.08. The highest BCUT2D eigenvalue weighted by Crippen LogP contribution is 2.16. The molecule has 1 N–H and O–H groups in total. The van der Waals surface area contributed by atoms with Gasteiger partial charge in [-0.25, -0.2) is 8.78 Å². The minimum absolute atomic E-state index is 0.116. The topological polar surface area (TPSA) is 32.7 Å². The molecule has 0 bridgehead atoms. The van der Waals surface area contributed by atoms with Gasteiger partial charge in [-0.1, -0.05) is 35.9 Å². The molecule has 0 fully saturated rings. The van der Waals surface area contributed by atoms with Crippen molar-refractivity contribution < 1.29 is 18.6 Å². The van der Waals surface area contributed by atoms with Gasteiger partial charge in [0, 0.05) is 24.7 Å². The van der Waals surface area contributed by atoms with E-state index in [1.807, 2.05) is 4.90 Å². The van der Waals surface area contributed by atoms with Crippen LogP contribution in [0.2, 0.25) is 5.02 Å². The first-order valence-electron chi connectivity index (χ1n) is 9.25. The van der Waals surface area contributed by atoms with E-state index in [-0.39, 0.29) is 18.2 Å². The maximum Gasteiger partial charge on any atom is 0.123 e. The van der Waals surface area contributed by atoms with Crippen LogP contribution in [0.1, 0.15) is 11.1 Å². The van der Waals surface area contributed by atoms with Crippen LogP contribution in [0.25, 0.3) is 0 Å². The van der Waals surface area contributed by atoms with Gasteiger partial charge in [-0.05, 0) is 59.7 Å². The second-order valence-electron chi connectivity index (χ2n) is 6.84. The van der Waals surface area contributed by atoms with Gasteiger partial charge in [0.15, 0.2) is 0 Å². The summed E-state index contributed by atoms with van der Waals surface area (Å²) in [4.78, 5) is 2.01. The van der Waals surface area contributed by atoms with Crippen LogP contribution in [-0.2, 0) is 13.1 Å². The minimum atomic E-state index is -0.744. The minimum Gasteiger partial charge on any atom is -0.491 e. The second-order valence-corrected chi connectivity index (χ2v) is 7.28. The van der Waals surface area contributed by atoms with Gasteiger partial charge in [-0.3, -0.25) is 4.90 Å². The molecule has 29 heavy (non-hydrogen) atoms. The molecule has 1 unspecified atom stereocenters. The van der Waals surface area contributed by atoms with Crippen molar-refractivity contribution in [2.45, 2.75) is 19.2 Å². The van der Waals surface area contributed by atoms with E-state index in [9.17, 15) is 13.9 Å². The zero-order chi connectivity index (χ0) is 20.6. The molecule has 3 nitrogen and oxygen atoms in total. The molecule has 6 heteroatoms. The summed E-state index contributed by atoms with van der Waals surface area (Å²) in [6.07, 6.45) is -0.744. The van der Waals surface area contributed by atoms with Gasteiger partial charge in [0.1, 0.15) is 30.1 Å². The summed E-state index contributed by atoms with van der Waals surface area (Å²) in [5, 5.41) is 11.1. The SMILES string of the molecule is OC(COc1ccc(Cl)cc1)CN(Cc1ccc(F)cc1)Cc1ccc(F)cc1. The van der Waals surface area contributed by atoms with Gasteiger partial charge >= 0.3 is 0 Å². The van der Waals surface area contributed by atoms with E-state index >= 15 is 0 Å². The van der Waals surface area contributed by atoms with Crippen LogP contribution < -0.4 is 4.74 Å². The molecule has 0 aromatic heterocycles. The second kappa shape index (κ2) is 10.3. The molecule has 3 aromatic carbocycles. The summed E-state index contributed by atoms with van der Waals surface area (Å²) >= 11 is 5.86. The standard InChI is InChI=1S/C23H22ClF2NO2/c24-19-5-11-23(12-6-19)29-16-22(28)15-27(13-17-1-7-20(25)8-2-17)14-18-3-9-21(26)10-4-18/h1-12,22,28H,13-16H2. The highest BCUT2D eigenvalue weighted by molar-refractivity contribution is 6.30. The molecule has 0 heterocycles. The molecular weight excluding hydrogens is 396 g/mol. The number of nitrogens with zero attached hydrogens (tertiary/aromatic N) is 1. The lowest BCUT2D eigenvalue weighted by Crippen LogP contribution is -2.35. The van der Waals surface area contributed by atoms with Crippen molar-refractivity contribution in [3.8, 4) is 5.75 Å². The van der Waals surface area contributed by atoms with Gasteiger partial charge in [0.25, 0.3) is 0 Å². The first-order chi connectivity index (χ1) is 14.0. The van der Waals surface area contributed by atoms with Crippen molar-refractivity contribution in [1.82, 2.24) is 4.90 Å². The Morgan fingerprint density at radius 1 is 0.793 bits per heavy atom. The Balaban J connectivity index is 1.63. The predicted octanol–water partition coefficient (Wildman–Crippen LogP) is 5.06. The predicted molar refractivity (Wildman–Crippen MR) is 110 cm³/mol. The molecule has 0 aliphatic heterocycles. The Kier molecular flexibility index (Phi) is 7.58. The molecule has 0 radical (unpaired) electrons. The van der Waals surface area contributed by atoms with Crippen LogP contribution in [0.15, 0.2) is 72.8 Å². The van der Waals surface area contributed by atoms with E-state index in [2.05, 4.69) is 0 Å². The van der Waals surface area contributed by atoms with Crippen molar-refractivity contribution in [2.24, 2.45) is 0 Å². The summed E-state index contributed by atoms with van der Waals surface area (Å²) in [6, 6.07) is 19.4. The molecule has 0 amide bonds. The third-order valence-corrected chi connectivity index (χ3v) is 4.62. The maximum absolute atomic E-state index is 13.2. The van der Waals surface area contributed by atoms with Gasteiger partial charge in [0.05, 0.1) is 0 Å². The Bertz CT molecular complexity index is 839. The van der Waals surface area contributed by atoms with E-state index in [0.717, 1.165) is 11.1 Å². The first-order valence-corrected chi connectivity index (χ1v) is 9.63. The van der Waals surface area contributed by atoms with Crippen molar-refractivity contribution in [1.29, 1.82) is 0 Å². The van der Waals surface area contributed by atoms with Crippen LogP contribution in [0, 0.1) is 11.6 Å². The lowest BCUT2D eigenvalue weighted by atomic mass is 10.1. The first kappa shape index (κ1) is 21.2. The maximum atomic E-state index is 13.2. The number of aliphatic hydroxyl groups excluding tert-OH is 1. The number of ether oxygens (including phenoxy) is 1. The normalized spacial score (nSPS) is 12.2. The third-order valence-electron chi connectivity index (χ3n) is 4.36. The van der Waals surface area contributed by atoms with E-state index in [4.69, 9.17) is 16.3 Å². The lowest BCUT2D eigenvalue weighted by Gasteiger charge is -2.25. The average molecular weight is 418 g/mol. The van der Waals surface area contributed by atoms with Crippen molar-refractivity contribution in [2.75, 3.05) is 13.2 Å². The van der Waals surface area contributed by atoms with Crippen LogP contribution >= 0.6 is 11.6 Å².